The zero-order chi connectivity index (χ0) is 20.6. The van der Waals surface area contributed by atoms with Gasteiger partial charge in [0.25, 0.3) is 0 Å². The van der Waals surface area contributed by atoms with E-state index in [-0.39, 0.29) is 17.6 Å². The molecule has 29 heavy (non-hydrogen) atoms. The molecule has 0 bridgehead atoms. The summed E-state index contributed by atoms with van der Waals surface area (Å²) in [5.41, 5.74) is 2.13. The molecular formula is C21H21N6O2. The van der Waals surface area contributed by atoms with Gasteiger partial charge >= 0.3 is 0 Å². The molecule has 1 unspecified atom stereocenters. The Balaban J connectivity index is 1.96. The van der Waals surface area contributed by atoms with E-state index in [1.165, 1.54) is 4.80 Å². The largest absolute Gasteiger partial charge is 0.505 e. The molecule has 0 fully saturated rings. The second-order valence-electron chi connectivity index (χ2n) is 8.12. The summed E-state index contributed by atoms with van der Waals surface area (Å²) in [4.78, 5) is 12.3. The van der Waals surface area contributed by atoms with Crippen molar-refractivity contribution in [3.8, 4) is 11.4 Å². The average molecular weight is 389 g/mol. The van der Waals surface area contributed by atoms with Crippen molar-refractivity contribution in [2.45, 2.75) is 44.6 Å². The van der Waals surface area contributed by atoms with E-state index in [1.54, 1.807) is 12.3 Å². The molecule has 0 amide bonds. The Kier molecular flexibility index (Phi) is 4.49. The molecule has 0 saturated carbocycles. The standard InChI is InChI=1S/C21H21N6O2/c1-20(2,3)15-11-14(21(9-6-10-28)13-22-26-25-21)12-18(19(15)29)27-23-16-7-4-5-8-17(16)24-27/h4-5,7-8,11-13,29H,6,9H2,1-3H3. The fourth-order valence-electron chi connectivity index (χ4n) is 3.45. The minimum absolute atomic E-state index is 0.102. The van der Waals surface area contributed by atoms with Crippen molar-refractivity contribution in [2.75, 3.05) is 0 Å². The van der Waals surface area contributed by atoms with E-state index < -0.39 is 5.54 Å². The second-order valence-corrected chi connectivity index (χ2v) is 8.12. The summed E-state index contributed by atoms with van der Waals surface area (Å²) in [6, 6.07) is 11.2. The molecule has 8 nitrogen and oxygen atoms in total. The summed E-state index contributed by atoms with van der Waals surface area (Å²) >= 11 is 0. The molecule has 1 radical (unpaired) electrons. The first-order valence-electron chi connectivity index (χ1n) is 9.36. The first-order valence-corrected chi connectivity index (χ1v) is 9.36. The number of carbonyl (C=O) groups excluding carboxylic acids is 1. The second kappa shape index (κ2) is 6.88. The predicted molar refractivity (Wildman–Crippen MR) is 109 cm³/mol. The van der Waals surface area contributed by atoms with Crippen LogP contribution in [0, 0.1) is 0 Å². The minimum atomic E-state index is -0.883. The van der Waals surface area contributed by atoms with E-state index in [4.69, 9.17) is 0 Å². The number of phenolic OH excluding ortho intramolecular Hbond substituents is 1. The quantitative estimate of drug-likeness (QED) is 0.713. The van der Waals surface area contributed by atoms with Gasteiger partial charge in [0.05, 0.1) is 6.21 Å². The van der Waals surface area contributed by atoms with Gasteiger partial charge in [0.15, 0.2) is 6.29 Å². The fourth-order valence-corrected chi connectivity index (χ4v) is 3.45. The Morgan fingerprint density at radius 3 is 2.38 bits per heavy atom. The molecule has 4 rings (SSSR count). The molecule has 8 heteroatoms. The molecule has 1 aliphatic heterocycles. The van der Waals surface area contributed by atoms with Gasteiger partial charge in [-0.25, -0.2) is 0 Å². The average Bonchev–Trinajstić information content (AvgIpc) is 3.33. The molecule has 1 aromatic heterocycles. The normalized spacial score (nSPS) is 18.6. The molecule has 3 aromatic rings. The van der Waals surface area contributed by atoms with Gasteiger partial charge < -0.3 is 5.11 Å². The lowest BCUT2D eigenvalue weighted by molar-refractivity contribution is 0.438. The van der Waals surface area contributed by atoms with Crippen molar-refractivity contribution >= 4 is 23.5 Å². The molecule has 1 N–H and O–H groups in total. The zero-order valence-corrected chi connectivity index (χ0v) is 16.5. The van der Waals surface area contributed by atoms with E-state index in [0.29, 0.717) is 12.1 Å². The highest BCUT2D eigenvalue weighted by Gasteiger charge is 2.36. The minimum Gasteiger partial charge on any atom is -0.505 e. The number of phenols is 1. The van der Waals surface area contributed by atoms with Crippen LogP contribution < -0.4 is 0 Å². The van der Waals surface area contributed by atoms with E-state index in [1.807, 2.05) is 57.4 Å². The molecule has 2 heterocycles. The monoisotopic (exact) mass is 389 g/mol. The molecule has 0 aliphatic carbocycles. The van der Waals surface area contributed by atoms with Crippen LogP contribution in [0.5, 0.6) is 5.75 Å². The van der Waals surface area contributed by atoms with Crippen molar-refractivity contribution in [2.24, 2.45) is 15.4 Å². The van der Waals surface area contributed by atoms with Gasteiger partial charge in [0, 0.05) is 12.0 Å². The first kappa shape index (κ1) is 18.9. The SMILES string of the molecule is CC(C)(C)c1cc(C2(CC[C]=O)C=NN=N2)cc(-n2nc3ccccc3n2)c1O. The van der Waals surface area contributed by atoms with Crippen molar-refractivity contribution in [3.05, 3.63) is 47.5 Å². The molecule has 0 saturated heterocycles. The van der Waals surface area contributed by atoms with Crippen LogP contribution in [-0.2, 0) is 15.7 Å². The summed E-state index contributed by atoms with van der Waals surface area (Å²) in [6.45, 7) is 6.04. The zero-order valence-electron chi connectivity index (χ0n) is 16.5. The van der Waals surface area contributed by atoms with Crippen LogP contribution in [0.4, 0.5) is 0 Å². The molecule has 1 aliphatic rings. The van der Waals surface area contributed by atoms with Crippen molar-refractivity contribution in [1.82, 2.24) is 15.0 Å². The van der Waals surface area contributed by atoms with E-state index in [9.17, 15) is 9.90 Å². The van der Waals surface area contributed by atoms with Gasteiger partial charge in [-0.3, -0.25) is 4.79 Å². The summed E-state index contributed by atoms with van der Waals surface area (Å²) in [6.07, 6.45) is 4.11. The van der Waals surface area contributed by atoms with E-state index >= 15 is 0 Å². The number of hydrogen-bond donors (Lipinski definition) is 1. The van der Waals surface area contributed by atoms with Crippen molar-refractivity contribution < 1.29 is 9.90 Å². The summed E-state index contributed by atoms with van der Waals surface area (Å²) in [5.74, 6) is 0.102. The van der Waals surface area contributed by atoms with Crippen LogP contribution in [0.3, 0.4) is 0 Å². The first-order chi connectivity index (χ1) is 13.8. The Labute approximate surface area is 168 Å². The summed E-state index contributed by atoms with van der Waals surface area (Å²) in [7, 11) is 0. The maximum atomic E-state index is 11.1. The van der Waals surface area contributed by atoms with Crippen LogP contribution >= 0.6 is 0 Å². The fraction of sp³-hybridized carbons (Fsp3) is 0.333. The van der Waals surface area contributed by atoms with Crippen molar-refractivity contribution in [3.63, 3.8) is 0 Å². The molecular weight excluding hydrogens is 368 g/mol. The highest BCUT2D eigenvalue weighted by atomic mass is 16.3. The smallest absolute Gasteiger partial charge is 0.198 e. The number of aromatic hydroxyl groups is 1. The summed E-state index contributed by atoms with van der Waals surface area (Å²) in [5, 5.41) is 32.1. The topological polar surface area (TPSA) is 105 Å². The highest BCUT2D eigenvalue weighted by molar-refractivity contribution is 5.77. The van der Waals surface area contributed by atoms with Crippen LogP contribution in [0.2, 0.25) is 0 Å². The lowest BCUT2D eigenvalue weighted by atomic mass is 9.80. The third-order valence-corrected chi connectivity index (χ3v) is 5.05. The third-order valence-electron chi connectivity index (χ3n) is 5.05. The Hall–Kier alpha value is -3.42. The number of fused-ring (bicyclic) bond motifs is 1. The lowest BCUT2D eigenvalue weighted by Gasteiger charge is -2.27. The van der Waals surface area contributed by atoms with Crippen LogP contribution in [0.15, 0.2) is 51.8 Å². The number of hydrogen-bond acceptors (Lipinski definition) is 7. The maximum absolute atomic E-state index is 11.1. The van der Waals surface area contributed by atoms with Gasteiger partial charge in [0.1, 0.15) is 28.0 Å². The van der Waals surface area contributed by atoms with Gasteiger partial charge in [-0.2, -0.15) is 5.11 Å². The van der Waals surface area contributed by atoms with Gasteiger partial charge in [-0.1, -0.05) is 32.9 Å². The van der Waals surface area contributed by atoms with Gasteiger partial charge in [-0.05, 0) is 46.9 Å². The van der Waals surface area contributed by atoms with Gasteiger partial charge in [0.2, 0.25) is 0 Å². The summed E-state index contributed by atoms with van der Waals surface area (Å²) < 4.78 is 0. The number of aromatic nitrogens is 3. The Bertz CT molecular complexity index is 1090. The van der Waals surface area contributed by atoms with Crippen LogP contribution in [0.25, 0.3) is 16.7 Å². The van der Waals surface area contributed by atoms with E-state index in [2.05, 4.69) is 25.6 Å². The number of nitrogens with zero attached hydrogens (tertiary/aromatic N) is 6. The lowest BCUT2D eigenvalue weighted by Crippen LogP contribution is -2.25. The van der Waals surface area contributed by atoms with Gasteiger partial charge in [-0.15, -0.1) is 20.1 Å². The molecule has 2 aromatic carbocycles. The van der Waals surface area contributed by atoms with Crippen molar-refractivity contribution in [1.29, 1.82) is 0 Å². The molecule has 147 valence electrons. The Morgan fingerprint density at radius 2 is 1.83 bits per heavy atom. The Morgan fingerprint density at radius 1 is 1.14 bits per heavy atom. The molecule has 1 atom stereocenters. The van der Waals surface area contributed by atoms with E-state index in [0.717, 1.165) is 22.2 Å². The predicted octanol–water partition coefficient (Wildman–Crippen LogP) is 3.96. The number of benzene rings is 2. The maximum Gasteiger partial charge on any atom is 0.198 e. The third kappa shape index (κ3) is 3.30. The number of rotatable bonds is 5. The van der Waals surface area contributed by atoms with Crippen LogP contribution in [0.1, 0.15) is 44.7 Å². The molecule has 0 spiro atoms. The highest BCUT2D eigenvalue weighted by Crippen LogP contribution is 2.41. The van der Waals surface area contributed by atoms with Crippen LogP contribution in [-0.4, -0.2) is 32.6 Å².